The number of likely N-dealkylation sites (tertiary alicyclic amines) is 1. The number of carbonyl (C=O) groups is 1. The predicted octanol–water partition coefficient (Wildman–Crippen LogP) is 2.20. The third kappa shape index (κ3) is 4.18. The van der Waals surface area contributed by atoms with E-state index in [0.717, 1.165) is 18.7 Å². The largest absolute Gasteiger partial charge is 0.471 e. The molecule has 20 heavy (non-hydrogen) atoms. The van der Waals surface area contributed by atoms with E-state index in [0.29, 0.717) is 18.8 Å². The molecule has 110 valence electrons. The Labute approximate surface area is 120 Å². The third-order valence-electron chi connectivity index (χ3n) is 3.24. The van der Waals surface area contributed by atoms with Gasteiger partial charge in [-0.3, -0.25) is 4.79 Å². The maximum Gasteiger partial charge on any atom is 0.233 e. The summed E-state index contributed by atoms with van der Waals surface area (Å²) in [5.41, 5.74) is 0.893. The molecule has 1 saturated heterocycles. The fraction of sp³-hybridized carbons (Fsp3) is 0.667. The van der Waals surface area contributed by atoms with Crippen molar-refractivity contribution in [3.8, 4) is 5.88 Å². The highest BCUT2D eigenvalue weighted by Gasteiger charge is 2.29. The van der Waals surface area contributed by atoms with Crippen LogP contribution in [0.25, 0.3) is 0 Å². The van der Waals surface area contributed by atoms with Gasteiger partial charge in [0.15, 0.2) is 0 Å². The summed E-state index contributed by atoms with van der Waals surface area (Å²) in [7, 11) is 0. The molecule has 0 saturated carbocycles. The lowest BCUT2D eigenvalue weighted by Crippen LogP contribution is -2.33. The molecule has 0 radical (unpaired) electrons. The molecule has 0 aromatic carbocycles. The van der Waals surface area contributed by atoms with Crippen LogP contribution in [-0.4, -0.2) is 40.2 Å². The second-order valence-corrected chi connectivity index (χ2v) is 6.62. The lowest BCUT2D eigenvalue weighted by molar-refractivity contribution is -0.132. The van der Waals surface area contributed by atoms with E-state index in [-0.39, 0.29) is 17.4 Å². The van der Waals surface area contributed by atoms with Gasteiger partial charge in [0.05, 0.1) is 12.2 Å². The average Bonchev–Trinajstić information content (AvgIpc) is 2.79. The van der Waals surface area contributed by atoms with Gasteiger partial charge < -0.3 is 9.64 Å². The first-order chi connectivity index (χ1) is 9.33. The molecule has 1 unspecified atom stereocenters. The molecule has 1 aliphatic rings. The quantitative estimate of drug-likeness (QED) is 0.850. The van der Waals surface area contributed by atoms with Crippen molar-refractivity contribution in [2.75, 3.05) is 13.1 Å². The summed E-state index contributed by atoms with van der Waals surface area (Å²) in [5, 5.41) is 7.96. The zero-order chi connectivity index (χ0) is 14.8. The number of hydrogen-bond donors (Lipinski definition) is 0. The minimum Gasteiger partial charge on any atom is -0.471 e. The van der Waals surface area contributed by atoms with Crippen molar-refractivity contribution in [1.29, 1.82) is 0 Å². The molecule has 5 heteroatoms. The Morgan fingerprint density at radius 1 is 1.40 bits per heavy atom. The Kier molecular flexibility index (Phi) is 4.26. The van der Waals surface area contributed by atoms with Gasteiger partial charge in [-0.05, 0) is 18.4 Å². The zero-order valence-corrected chi connectivity index (χ0v) is 12.7. The summed E-state index contributed by atoms with van der Waals surface area (Å²) in [5.74, 6) is 0.740. The van der Waals surface area contributed by atoms with Crippen LogP contribution in [0.2, 0.25) is 0 Å². The highest BCUT2D eigenvalue weighted by Crippen LogP contribution is 2.23. The summed E-state index contributed by atoms with van der Waals surface area (Å²) in [6.45, 7) is 9.53. The van der Waals surface area contributed by atoms with Gasteiger partial charge in [0.2, 0.25) is 11.8 Å². The van der Waals surface area contributed by atoms with Crippen LogP contribution in [0.15, 0.2) is 12.1 Å². The maximum absolute atomic E-state index is 12.1. The smallest absolute Gasteiger partial charge is 0.233 e. The Bertz CT molecular complexity index is 465. The van der Waals surface area contributed by atoms with Gasteiger partial charge in [0.25, 0.3) is 0 Å². The summed E-state index contributed by atoms with van der Waals surface area (Å²) < 4.78 is 5.77. The molecule has 1 fully saturated rings. The highest BCUT2D eigenvalue weighted by molar-refractivity contribution is 5.77. The van der Waals surface area contributed by atoms with Crippen LogP contribution in [0.4, 0.5) is 0 Å². The number of nitrogens with zero attached hydrogens (tertiary/aromatic N) is 3. The standard InChI is InChI=1S/C15H23N3O2/c1-11-5-6-13(17-16-11)20-12-7-8-18(10-12)14(19)9-15(2,3)4/h5-6,12H,7-10H2,1-4H3. The van der Waals surface area contributed by atoms with E-state index in [1.165, 1.54) is 0 Å². The van der Waals surface area contributed by atoms with E-state index in [1.54, 1.807) is 0 Å². The van der Waals surface area contributed by atoms with Crippen LogP contribution in [0, 0.1) is 12.3 Å². The predicted molar refractivity (Wildman–Crippen MR) is 76.5 cm³/mol. The van der Waals surface area contributed by atoms with Gasteiger partial charge in [0, 0.05) is 25.5 Å². The van der Waals surface area contributed by atoms with E-state index in [1.807, 2.05) is 24.0 Å². The first-order valence-electron chi connectivity index (χ1n) is 7.08. The molecular formula is C15H23N3O2. The van der Waals surface area contributed by atoms with Crippen LogP contribution in [0.5, 0.6) is 5.88 Å². The molecule has 0 bridgehead atoms. The van der Waals surface area contributed by atoms with Crippen LogP contribution >= 0.6 is 0 Å². The van der Waals surface area contributed by atoms with Crippen molar-refractivity contribution >= 4 is 5.91 Å². The second kappa shape index (κ2) is 5.77. The minimum atomic E-state index is 0.0240. The van der Waals surface area contributed by atoms with Crippen molar-refractivity contribution in [2.24, 2.45) is 5.41 Å². The van der Waals surface area contributed by atoms with Gasteiger partial charge in [-0.15, -0.1) is 5.10 Å². The summed E-state index contributed by atoms with van der Waals surface area (Å²) in [6, 6.07) is 3.70. The molecular weight excluding hydrogens is 254 g/mol. The van der Waals surface area contributed by atoms with E-state index < -0.39 is 0 Å². The number of aryl methyl sites for hydroxylation is 1. The van der Waals surface area contributed by atoms with Crippen molar-refractivity contribution in [2.45, 2.75) is 46.6 Å². The molecule has 0 spiro atoms. The van der Waals surface area contributed by atoms with Gasteiger partial charge in [-0.2, -0.15) is 5.10 Å². The van der Waals surface area contributed by atoms with Crippen molar-refractivity contribution in [1.82, 2.24) is 15.1 Å². The fourth-order valence-electron chi connectivity index (χ4n) is 2.24. The molecule has 1 aliphatic heterocycles. The normalized spacial score (nSPS) is 19.2. The van der Waals surface area contributed by atoms with Crippen LogP contribution in [0.3, 0.4) is 0 Å². The minimum absolute atomic E-state index is 0.0240. The maximum atomic E-state index is 12.1. The van der Waals surface area contributed by atoms with Crippen molar-refractivity contribution < 1.29 is 9.53 Å². The molecule has 1 aromatic rings. The third-order valence-corrected chi connectivity index (χ3v) is 3.24. The molecule has 2 heterocycles. The summed E-state index contributed by atoms with van der Waals surface area (Å²) in [4.78, 5) is 14.0. The van der Waals surface area contributed by atoms with Gasteiger partial charge in [-0.25, -0.2) is 0 Å². The van der Waals surface area contributed by atoms with Gasteiger partial charge in [-0.1, -0.05) is 20.8 Å². The van der Waals surface area contributed by atoms with E-state index in [9.17, 15) is 4.79 Å². The fourth-order valence-corrected chi connectivity index (χ4v) is 2.24. The highest BCUT2D eigenvalue weighted by atomic mass is 16.5. The summed E-state index contributed by atoms with van der Waals surface area (Å²) in [6.07, 6.45) is 1.45. The molecule has 1 aromatic heterocycles. The molecule has 1 amide bonds. The number of hydrogen-bond acceptors (Lipinski definition) is 4. The van der Waals surface area contributed by atoms with E-state index in [4.69, 9.17) is 4.74 Å². The van der Waals surface area contributed by atoms with Crippen molar-refractivity contribution in [3.63, 3.8) is 0 Å². The number of ether oxygens (including phenoxy) is 1. The lowest BCUT2D eigenvalue weighted by Gasteiger charge is -2.22. The van der Waals surface area contributed by atoms with Crippen molar-refractivity contribution in [3.05, 3.63) is 17.8 Å². The van der Waals surface area contributed by atoms with E-state index >= 15 is 0 Å². The van der Waals surface area contributed by atoms with Crippen LogP contribution < -0.4 is 4.74 Å². The Morgan fingerprint density at radius 3 is 2.75 bits per heavy atom. The Morgan fingerprint density at radius 2 is 2.15 bits per heavy atom. The molecule has 5 nitrogen and oxygen atoms in total. The SMILES string of the molecule is Cc1ccc(OC2CCN(C(=O)CC(C)(C)C)C2)nn1. The number of carbonyl (C=O) groups excluding carboxylic acids is 1. The Hall–Kier alpha value is -1.65. The monoisotopic (exact) mass is 277 g/mol. The molecule has 2 rings (SSSR count). The average molecular weight is 277 g/mol. The lowest BCUT2D eigenvalue weighted by atomic mass is 9.92. The first-order valence-corrected chi connectivity index (χ1v) is 7.08. The van der Waals surface area contributed by atoms with E-state index in [2.05, 4.69) is 31.0 Å². The van der Waals surface area contributed by atoms with Crippen LogP contribution in [-0.2, 0) is 4.79 Å². The number of amides is 1. The van der Waals surface area contributed by atoms with Crippen LogP contribution in [0.1, 0.15) is 39.3 Å². The Balaban J connectivity index is 1.86. The molecule has 0 aliphatic carbocycles. The number of aromatic nitrogens is 2. The number of rotatable bonds is 3. The topological polar surface area (TPSA) is 55.3 Å². The molecule has 0 N–H and O–H groups in total. The van der Waals surface area contributed by atoms with Gasteiger partial charge >= 0.3 is 0 Å². The molecule has 1 atom stereocenters. The first kappa shape index (κ1) is 14.8. The second-order valence-electron chi connectivity index (χ2n) is 6.62. The van der Waals surface area contributed by atoms with Gasteiger partial charge in [0.1, 0.15) is 6.10 Å². The zero-order valence-electron chi connectivity index (χ0n) is 12.7. The summed E-state index contributed by atoms with van der Waals surface area (Å²) >= 11 is 0.